The van der Waals surface area contributed by atoms with Crippen molar-refractivity contribution in [3.63, 3.8) is 0 Å². The van der Waals surface area contributed by atoms with Gasteiger partial charge in [-0.05, 0) is 36.8 Å². The Kier molecular flexibility index (Phi) is 3.89. The average molecular weight is 407 g/mol. The molecule has 0 saturated carbocycles. The molecule has 3 aromatic rings. The molecule has 2 saturated heterocycles. The van der Waals surface area contributed by atoms with Crippen LogP contribution in [-0.2, 0) is 19.4 Å². The number of aromatic nitrogens is 2. The Morgan fingerprint density at radius 3 is 2.83 bits per heavy atom. The average Bonchev–Trinajstić information content (AvgIpc) is 3.48. The lowest BCUT2D eigenvalue weighted by Gasteiger charge is -2.34. The zero-order valence-corrected chi connectivity index (χ0v) is 16.9. The fourth-order valence-electron chi connectivity index (χ4n) is 5.25. The highest BCUT2D eigenvalue weighted by molar-refractivity contribution is 7.18. The van der Waals surface area contributed by atoms with Gasteiger partial charge in [0.1, 0.15) is 4.83 Å². The van der Waals surface area contributed by atoms with Crippen LogP contribution in [0.15, 0.2) is 35.1 Å². The van der Waals surface area contributed by atoms with Gasteiger partial charge in [-0.15, -0.1) is 11.3 Å². The van der Waals surface area contributed by atoms with Crippen molar-refractivity contribution in [3.05, 3.63) is 62.5 Å². The Bertz CT molecular complexity index is 1170. The van der Waals surface area contributed by atoms with Crippen molar-refractivity contribution in [2.45, 2.75) is 44.3 Å². The van der Waals surface area contributed by atoms with E-state index in [1.807, 2.05) is 11.0 Å². The van der Waals surface area contributed by atoms with E-state index in [9.17, 15) is 9.59 Å². The molecule has 2 aliphatic heterocycles. The molecule has 1 amide bonds. The summed E-state index contributed by atoms with van der Waals surface area (Å²) in [5.41, 5.74) is 2.29. The molecule has 2 fully saturated rings. The molecule has 0 spiro atoms. The maximum absolute atomic E-state index is 13.2. The zero-order chi connectivity index (χ0) is 19.5. The van der Waals surface area contributed by atoms with Crippen LogP contribution in [0.25, 0.3) is 10.2 Å². The minimum Gasteiger partial charge on any atom is -0.330 e. The Hall–Kier alpha value is -2.51. The molecule has 1 aromatic carbocycles. The van der Waals surface area contributed by atoms with E-state index in [0.717, 1.165) is 49.2 Å². The van der Waals surface area contributed by atoms with Gasteiger partial charge in [0.15, 0.2) is 0 Å². The van der Waals surface area contributed by atoms with E-state index in [2.05, 4.69) is 39.1 Å². The minimum atomic E-state index is -0.159. The normalized spacial score (nSPS) is 23.2. The standard InChI is InChI=1S/C22H22N4O2S/c27-20-18-16-7-4-8-17(16)29-21(18)24-19(23-20)22(28)26-12-14-9-15(26)11-25(14)10-13-5-2-1-3-6-13/h1-3,5-6,14-15H,4,7-12H2,(H,23,24,27)/t14-,15-/m0/s1. The van der Waals surface area contributed by atoms with Crippen molar-refractivity contribution < 1.29 is 4.79 Å². The third kappa shape index (κ3) is 2.75. The molecule has 3 aliphatic rings. The van der Waals surface area contributed by atoms with Gasteiger partial charge in [-0.2, -0.15) is 0 Å². The van der Waals surface area contributed by atoms with Gasteiger partial charge in [0.05, 0.1) is 5.39 Å². The van der Waals surface area contributed by atoms with E-state index in [0.29, 0.717) is 18.0 Å². The summed E-state index contributed by atoms with van der Waals surface area (Å²) < 4.78 is 0. The lowest BCUT2D eigenvalue weighted by atomic mass is 10.2. The molecule has 4 heterocycles. The number of rotatable bonds is 3. The maximum Gasteiger partial charge on any atom is 0.290 e. The SMILES string of the molecule is O=C(c1nc2sc3c(c2c(=O)[nH]1)CCC3)N1C[C@@H]2C[C@H]1CN2Cc1ccccc1. The number of nitrogens with zero attached hydrogens (tertiary/aromatic N) is 3. The molecule has 6 rings (SSSR count). The molecule has 1 aliphatic carbocycles. The number of H-pyrrole nitrogens is 1. The number of amides is 1. The summed E-state index contributed by atoms with van der Waals surface area (Å²) in [6.07, 6.45) is 4.07. The summed E-state index contributed by atoms with van der Waals surface area (Å²) in [6.45, 7) is 2.51. The number of fused-ring (bicyclic) bond motifs is 5. The number of aromatic amines is 1. The molecule has 148 valence electrons. The Balaban J connectivity index is 1.23. The number of likely N-dealkylation sites (tertiary alicyclic amines) is 2. The third-order valence-electron chi connectivity index (χ3n) is 6.62. The van der Waals surface area contributed by atoms with Gasteiger partial charge in [-0.3, -0.25) is 14.5 Å². The molecule has 1 N–H and O–H groups in total. The van der Waals surface area contributed by atoms with E-state index < -0.39 is 0 Å². The maximum atomic E-state index is 13.2. The number of aryl methyl sites for hydroxylation is 2. The number of hydrogen-bond acceptors (Lipinski definition) is 5. The Morgan fingerprint density at radius 1 is 1.17 bits per heavy atom. The lowest BCUT2D eigenvalue weighted by molar-refractivity contribution is 0.0604. The molecular formula is C22H22N4O2S. The van der Waals surface area contributed by atoms with E-state index in [1.165, 1.54) is 10.4 Å². The minimum absolute atomic E-state index is 0.135. The van der Waals surface area contributed by atoms with Crippen LogP contribution in [0.2, 0.25) is 0 Å². The molecule has 7 heteroatoms. The Morgan fingerprint density at radius 2 is 2.03 bits per heavy atom. The summed E-state index contributed by atoms with van der Waals surface area (Å²) >= 11 is 1.58. The monoisotopic (exact) mass is 406 g/mol. The smallest absolute Gasteiger partial charge is 0.290 e. The van der Waals surface area contributed by atoms with E-state index in [1.54, 1.807) is 11.3 Å². The fourth-order valence-corrected chi connectivity index (χ4v) is 6.51. The third-order valence-corrected chi connectivity index (χ3v) is 7.81. The van der Waals surface area contributed by atoms with Gasteiger partial charge in [0, 0.05) is 36.6 Å². The largest absolute Gasteiger partial charge is 0.330 e. The molecule has 2 atom stereocenters. The quantitative estimate of drug-likeness (QED) is 0.726. The summed E-state index contributed by atoms with van der Waals surface area (Å²) in [7, 11) is 0. The number of benzene rings is 1. The first-order valence-electron chi connectivity index (χ1n) is 10.3. The second-order valence-electron chi connectivity index (χ2n) is 8.37. The van der Waals surface area contributed by atoms with Crippen molar-refractivity contribution in [1.82, 2.24) is 19.8 Å². The van der Waals surface area contributed by atoms with Crippen molar-refractivity contribution in [2.75, 3.05) is 13.1 Å². The number of carbonyl (C=O) groups excluding carboxylic acids is 1. The summed E-state index contributed by atoms with van der Waals surface area (Å²) in [5.74, 6) is 0.0639. The van der Waals surface area contributed by atoms with Gasteiger partial charge in [0.25, 0.3) is 11.5 Å². The topological polar surface area (TPSA) is 69.3 Å². The van der Waals surface area contributed by atoms with E-state index >= 15 is 0 Å². The van der Waals surface area contributed by atoms with Crippen molar-refractivity contribution in [1.29, 1.82) is 0 Å². The number of piperazine rings is 1. The van der Waals surface area contributed by atoms with Crippen molar-refractivity contribution in [3.8, 4) is 0 Å². The van der Waals surface area contributed by atoms with Crippen LogP contribution in [0.5, 0.6) is 0 Å². The fraction of sp³-hybridized carbons (Fsp3) is 0.409. The van der Waals surface area contributed by atoms with Gasteiger partial charge in [-0.25, -0.2) is 4.98 Å². The highest BCUT2D eigenvalue weighted by atomic mass is 32.1. The van der Waals surface area contributed by atoms with Gasteiger partial charge in [-0.1, -0.05) is 30.3 Å². The van der Waals surface area contributed by atoms with Gasteiger partial charge in [0.2, 0.25) is 5.82 Å². The first-order valence-corrected chi connectivity index (χ1v) is 11.1. The predicted octanol–water partition coefficient (Wildman–Crippen LogP) is 2.57. The summed E-state index contributed by atoms with van der Waals surface area (Å²) in [4.78, 5) is 39.6. The Labute approximate surface area is 172 Å². The molecule has 0 radical (unpaired) electrons. The number of thiophene rings is 1. The van der Waals surface area contributed by atoms with Crippen LogP contribution in [-0.4, -0.2) is 50.8 Å². The molecular weight excluding hydrogens is 384 g/mol. The summed E-state index contributed by atoms with van der Waals surface area (Å²) in [5, 5.41) is 0.705. The highest BCUT2D eigenvalue weighted by Crippen LogP contribution is 2.35. The van der Waals surface area contributed by atoms with Gasteiger partial charge < -0.3 is 9.88 Å². The van der Waals surface area contributed by atoms with Crippen LogP contribution >= 0.6 is 11.3 Å². The first-order chi connectivity index (χ1) is 14.2. The van der Waals surface area contributed by atoms with Crippen LogP contribution < -0.4 is 5.56 Å². The molecule has 2 aromatic heterocycles. The number of carbonyl (C=O) groups is 1. The molecule has 0 unspecified atom stereocenters. The van der Waals surface area contributed by atoms with Crippen molar-refractivity contribution in [2.24, 2.45) is 0 Å². The van der Waals surface area contributed by atoms with Crippen LogP contribution in [0.4, 0.5) is 0 Å². The van der Waals surface area contributed by atoms with E-state index in [-0.39, 0.29) is 23.3 Å². The molecule has 2 bridgehead atoms. The van der Waals surface area contributed by atoms with Crippen molar-refractivity contribution >= 4 is 27.5 Å². The number of nitrogens with one attached hydrogen (secondary N) is 1. The van der Waals surface area contributed by atoms with Crippen LogP contribution in [0, 0.1) is 0 Å². The first kappa shape index (κ1) is 17.4. The van der Waals surface area contributed by atoms with Crippen LogP contribution in [0.3, 0.4) is 0 Å². The molecule has 29 heavy (non-hydrogen) atoms. The molecule has 6 nitrogen and oxygen atoms in total. The van der Waals surface area contributed by atoms with Crippen LogP contribution in [0.1, 0.15) is 39.5 Å². The second-order valence-corrected chi connectivity index (χ2v) is 9.45. The van der Waals surface area contributed by atoms with Gasteiger partial charge >= 0.3 is 0 Å². The number of hydrogen-bond donors (Lipinski definition) is 1. The predicted molar refractivity (Wildman–Crippen MR) is 112 cm³/mol. The summed E-state index contributed by atoms with van der Waals surface area (Å²) in [6, 6.07) is 11.0. The lowest BCUT2D eigenvalue weighted by Crippen LogP contribution is -2.48. The zero-order valence-electron chi connectivity index (χ0n) is 16.1. The second kappa shape index (κ2) is 6.50. The van der Waals surface area contributed by atoms with E-state index in [4.69, 9.17) is 0 Å². The highest BCUT2D eigenvalue weighted by Gasteiger charge is 2.45.